The minimum atomic E-state index is -3.70. The second-order valence-corrected chi connectivity index (χ2v) is 6.16. The normalized spacial score (nSPS) is 11.1. The molecule has 0 aliphatic heterocycles. The number of alkyl carbamates (subject to hydrolysis) is 1. The number of rotatable bonds is 6. The average molecular weight is 323 g/mol. The number of primary sulfonamides is 1. The van der Waals surface area contributed by atoms with Crippen molar-refractivity contribution in [3.05, 3.63) is 54.4 Å². The van der Waals surface area contributed by atoms with E-state index >= 15 is 0 Å². The number of hydrogen-bond donors (Lipinski definition) is 2. The summed E-state index contributed by atoms with van der Waals surface area (Å²) in [4.78, 5) is 11.5. The maximum Gasteiger partial charge on any atom is 0.407 e. The molecule has 7 nitrogen and oxygen atoms in total. The molecule has 2 aromatic rings. The number of amides is 1. The van der Waals surface area contributed by atoms with Crippen LogP contribution >= 0.6 is 0 Å². The number of hydrogen-bond acceptors (Lipinski definition) is 4. The molecular formula is C14H17N3O4S. The van der Waals surface area contributed by atoms with E-state index in [0.29, 0.717) is 6.54 Å². The Morgan fingerprint density at radius 2 is 1.82 bits per heavy atom. The van der Waals surface area contributed by atoms with Gasteiger partial charge in [-0.15, -0.1) is 0 Å². The van der Waals surface area contributed by atoms with Gasteiger partial charge in [0, 0.05) is 18.9 Å². The SMILES string of the molecule is NS(=O)(=O)c1ccc(CNC(=O)OCCn2cccc2)cc1. The van der Waals surface area contributed by atoms with Crippen molar-refractivity contribution in [1.29, 1.82) is 0 Å². The molecule has 1 heterocycles. The number of carbonyl (C=O) groups is 1. The Balaban J connectivity index is 1.74. The van der Waals surface area contributed by atoms with Crippen molar-refractivity contribution < 1.29 is 17.9 Å². The molecule has 1 amide bonds. The highest BCUT2D eigenvalue weighted by Gasteiger charge is 2.07. The van der Waals surface area contributed by atoms with Gasteiger partial charge in [0.05, 0.1) is 11.4 Å². The van der Waals surface area contributed by atoms with Gasteiger partial charge in [-0.2, -0.15) is 0 Å². The number of ether oxygens (including phenoxy) is 1. The summed E-state index contributed by atoms with van der Waals surface area (Å²) in [5.41, 5.74) is 0.745. The van der Waals surface area contributed by atoms with Crippen molar-refractivity contribution in [3.8, 4) is 0 Å². The highest BCUT2D eigenvalue weighted by Crippen LogP contribution is 2.08. The van der Waals surface area contributed by atoms with Crippen LogP contribution in [0.3, 0.4) is 0 Å². The topological polar surface area (TPSA) is 103 Å². The van der Waals surface area contributed by atoms with E-state index < -0.39 is 16.1 Å². The Labute approximate surface area is 128 Å². The molecule has 0 bridgehead atoms. The summed E-state index contributed by atoms with van der Waals surface area (Å²) in [7, 11) is -3.70. The van der Waals surface area contributed by atoms with E-state index in [1.54, 1.807) is 12.1 Å². The predicted molar refractivity (Wildman–Crippen MR) is 80.4 cm³/mol. The van der Waals surface area contributed by atoms with Gasteiger partial charge in [0.15, 0.2) is 0 Å². The second kappa shape index (κ2) is 7.10. The van der Waals surface area contributed by atoms with Gasteiger partial charge >= 0.3 is 6.09 Å². The third-order valence-electron chi connectivity index (χ3n) is 2.94. The van der Waals surface area contributed by atoms with Crippen LogP contribution in [0, 0.1) is 0 Å². The molecule has 0 atom stereocenters. The average Bonchev–Trinajstić information content (AvgIpc) is 2.98. The molecule has 0 unspecified atom stereocenters. The monoisotopic (exact) mass is 323 g/mol. The number of nitrogens with one attached hydrogen (secondary N) is 1. The fourth-order valence-corrected chi connectivity index (χ4v) is 2.30. The summed E-state index contributed by atoms with van der Waals surface area (Å²) in [6.45, 7) is 1.10. The van der Waals surface area contributed by atoms with Gasteiger partial charge < -0.3 is 14.6 Å². The van der Waals surface area contributed by atoms with Gasteiger partial charge in [0.2, 0.25) is 10.0 Å². The smallest absolute Gasteiger partial charge is 0.407 e. The molecule has 0 radical (unpaired) electrons. The fourth-order valence-electron chi connectivity index (χ4n) is 1.79. The highest BCUT2D eigenvalue weighted by atomic mass is 32.2. The molecule has 0 aliphatic carbocycles. The first-order valence-corrected chi connectivity index (χ1v) is 8.13. The number of sulfonamides is 1. The summed E-state index contributed by atoms with van der Waals surface area (Å²) in [5.74, 6) is 0. The molecule has 0 aliphatic rings. The summed E-state index contributed by atoms with van der Waals surface area (Å²) in [5, 5.41) is 7.59. The van der Waals surface area contributed by atoms with E-state index in [1.807, 2.05) is 29.1 Å². The minimum Gasteiger partial charge on any atom is -0.448 e. The number of nitrogens with zero attached hydrogens (tertiary/aromatic N) is 1. The quantitative estimate of drug-likeness (QED) is 0.829. The summed E-state index contributed by atoms with van der Waals surface area (Å²) >= 11 is 0. The molecule has 1 aromatic heterocycles. The lowest BCUT2D eigenvalue weighted by atomic mass is 10.2. The lowest BCUT2D eigenvalue weighted by Gasteiger charge is -2.08. The molecule has 1 aromatic carbocycles. The fraction of sp³-hybridized carbons (Fsp3) is 0.214. The Morgan fingerprint density at radius 1 is 1.18 bits per heavy atom. The van der Waals surface area contributed by atoms with Crippen LogP contribution in [-0.2, 0) is 27.8 Å². The van der Waals surface area contributed by atoms with Crippen LogP contribution in [0.2, 0.25) is 0 Å². The van der Waals surface area contributed by atoms with E-state index in [-0.39, 0.29) is 18.0 Å². The lowest BCUT2D eigenvalue weighted by Crippen LogP contribution is -2.25. The molecule has 0 saturated carbocycles. The van der Waals surface area contributed by atoms with Crippen molar-refractivity contribution in [1.82, 2.24) is 9.88 Å². The standard InChI is InChI=1S/C14H17N3O4S/c15-22(19,20)13-5-3-12(4-6-13)11-16-14(18)21-10-9-17-7-1-2-8-17/h1-8H,9-11H2,(H,16,18)(H2,15,19,20). The van der Waals surface area contributed by atoms with Crippen LogP contribution < -0.4 is 10.5 Å². The van der Waals surface area contributed by atoms with Crippen LogP contribution in [0.1, 0.15) is 5.56 Å². The minimum absolute atomic E-state index is 0.0329. The largest absolute Gasteiger partial charge is 0.448 e. The Kier molecular flexibility index (Phi) is 5.18. The molecule has 118 valence electrons. The van der Waals surface area contributed by atoms with Crippen molar-refractivity contribution in [3.63, 3.8) is 0 Å². The number of aromatic nitrogens is 1. The number of carbonyl (C=O) groups excluding carboxylic acids is 1. The summed E-state index contributed by atoms with van der Waals surface area (Å²) in [6.07, 6.45) is 3.24. The van der Waals surface area contributed by atoms with Gasteiger partial charge in [0.1, 0.15) is 6.61 Å². The van der Waals surface area contributed by atoms with Gasteiger partial charge in [0.25, 0.3) is 0 Å². The van der Waals surface area contributed by atoms with E-state index in [9.17, 15) is 13.2 Å². The maximum atomic E-state index is 11.5. The molecule has 3 N–H and O–H groups in total. The Hall–Kier alpha value is -2.32. The van der Waals surface area contributed by atoms with Gasteiger partial charge in [-0.1, -0.05) is 12.1 Å². The predicted octanol–water partition coefficient (Wildman–Crippen LogP) is 1.06. The zero-order valence-electron chi connectivity index (χ0n) is 11.8. The molecule has 22 heavy (non-hydrogen) atoms. The van der Waals surface area contributed by atoms with Crippen molar-refractivity contribution in [2.75, 3.05) is 6.61 Å². The third kappa shape index (κ3) is 4.90. The van der Waals surface area contributed by atoms with Crippen molar-refractivity contribution in [2.24, 2.45) is 5.14 Å². The molecule has 8 heteroatoms. The van der Waals surface area contributed by atoms with E-state index in [1.165, 1.54) is 12.1 Å². The van der Waals surface area contributed by atoms with E-state index in [4.69, 9.17) is 9.88 Å². The third-order valence-corrected chi connectivity index (χ3v) is 3.87. The van der Waals surface area contributed by atoms with Crippen LogP contribution in [0.25, 0.3) is 0 Å². The van der Waals surface area contributed by atoms with Gasteiger partial charge in [-0.05, 0) is 29.8 Å². The number of benzene rings is 1. The number of nitrogens with two attached hydrogens (primary N) is 1. The van der Waals surface area contributed by atoms with Crippen molar-refractivity contribution in [2.45, 2.75) is 18.0 Å². The first-order chi connectivity index (χ1) is 10.4. The lowest BCUT2D eigenvalue weighted by molar-refractivity contribution is 0.141. The van der Waals surface area contributed by atoms with E-state index in [0.717, 1.165) is 5.56 Å². The molecule has 0 saturated heterocycles. The molecule has 0 spiro atoms. The summed E-state index contributed by atoms with van der Waals surface area (Å²) < 4.78 is 29.2. The Morgan fingerprint density at radius 3 is 2.41 bits per heavy atom. The van der Waals surface area contributed by atoms with Crippen LogP contribution in [0.15, 0.2) is 53.7 Å². The van der Waals surface area contributed by atoms with Crippen LogP contribution in [-0.4, -0.2) is 25.7 Å². The first kappa shape index (κ1) is 16.1. The maximum absolute atomic E-state index is 11.5. The van der Waals surface area contributed by atoms with Gasteiger partial charge in [-0.25, -0.2) is 18.4 Å². The van der Waals surface area contributed by atoms with Crippen LogP contribution in [0.4, 0.5) is 4.79 Å². The Bertz CT molecular complexity index is 709. The van der Waals surface area contributed by atoms with E-state index in [2.05, 4.69) is 5.32 Å². The molecule has 2 rings (SSSR count). The zero-order chi connectivity index (χ0) is 16.0. The van der Waals surface area contributed by atoms with Crippen LogP contribution in [0.5, 0.6) is 0 Å². The molecular weight excluding hydrogens is 306 g/mol. The summed E-state index contributed by atoms with van der Waals surface area (Å²) in [6, 6.07) is 9.74. The zero-order valence-corrected chi connectivity index (χ0v) is 12.6. The molecule has 0 fully saturated rings. The van der Waals surface area contributed by atoms with Crippen molar-refractivity contribution >= 4 is 16.1 Å². The highest BCUT2D eigenvalue weighted by molar-refractivity contribution is 7.89. The second-order valence-electron chi connectivity index (χ2n) is 4.60. The first-order valence-electron chi connectivity index (χ1n) is 6.58. The van der Waals surface area contributed by atoms with Gasteiger partial charge in [-0.3, -0.25) is 0 Å².